The van der Waals surface area contributed by atoms with Crippen LogP contribution in [0, 0.1) is 11.6 Å². The number of benzene rings is 3. The summed E-state index contributed by atoms with van der Waals surface area (Å²) in [5.74, 6) is -2.34. The maximum atomic E-state index is 13.5. The molecule has 0 aliphatic carbocycles. The smallest absolute Gasteiger partial charge is 0.263 e. The van der Waals surface area contributed by atoms with Gasteiger partial charge in [-0.15, -0.1) is 0 Å². The van der Waals surface area contributed by atoms with Crippen molar-refractivity contribution in [1.82, 2.24) is 9.80 Å². The van der Waals surface area contributed by atoms with E-state index in [9.17, 15) is 18.4 Å². The van der Waals surface area contributed by atoms with Crippen LogP contribution in [0.1, 0.15) is 31.8 Å². The molecule has 1 fully saturated rings. The molecule has 3 aromatic carbocycles. The van der Waals surface area contributed by atoms with E-state index in [0.717, 1.165) is 11.8 Å². The topological polar surface area (TPSA) is 43.9 Å². The number of halogens is 3. The van der Waals surface area contributed by atoms with Crippen molar-refractivity contribution in [2.75, 3.05) is 31.1 Å². The second-order valence-corrected chi connectivity index (χ2v) is 8.91. The molecule has 2 aliphatic heterocycles. The molecule has 1 saturated heterocycles. The Labute approximate surface area is 201 Å². The Balaban J connectivity index is 1.31. The molecule has 5 rings (SSSR count). The zero-order valence-corrected chi connectivity index (χ0v) is 19.1. The zero-order valence-electron chi connectivity index (χ0n) is 18.3. The number of fused-ring (bicyclic) bond motifs is 1. The molecule has 0 N–H and O–H groups in total. The van der Waals surface area contributed by atoms with Crippen LogP contribution in [0.5, 0.6) is 0 Å². The van der Waals surface area contributed by atoms with Gasteiger partial charge in [0.2, 0.25) is 0 Å². The number of piperazine rings is 1. The minimum atomic E-state index is -0.853. The average molecular weight is 482 g/mol. The number of amides is 2. The SMILES string of the molecule is O=C1c2cccc(N3CCN(Cc4ccc(F)c(F)c4)CC3)c2C(=O)N1Cc1ccccc1Cl. The van der Waals surface area contributed by atoms with Gasteiger partial charge in [-0.05, 0) is 41.5 Å². The van der Waals surface area contributed by atoms with Crippen LogP contribution >= 0.6 is 11.6 Å². The Hall–Kier alpha value is -3.29. The van der Waals surface area contributed by atoms with Crippen molar-refractivity contribution in [3.05, 3.63) is 99.6 Å². The highest BCUT2D eigenvalue weighted by atomic mass is 35.5. The van der Waals surface area contributed by atoms with Gasteiger partial charge in [-0.25, -0.2) is 8.78 Å². The van der Waals surface area contributed by atoms with Crippen molar-refractivity contribution in [2.24, 2.45) is 0 Å². The van der Waals surface area contributed by atoms with Crippen molar-refractivity contribution >= 4 is 29.1 Å². The van der Waals surface area contributed by atoms with Gasteiger partial charge in [0.1, 0.15) is 0 Å². The van der Waals surface area contributed by atoms with Crippen LogP contribution in [0.3, 0.4) is 0 Å². The molecule has 0 unspecified atom stereocenters. The first-order valence-electron chi connectivity index (χ1n) is 11.1. The maximum Gasteiger partial charge on any atom is 0.263 e. The van der Waals surface area contributed by atoms with E-state index in [-0.39, 0.29) is 18.4 Å². The van der Waals surface area contributed by atoms with Crippen molar-refractivity contribution < 1.29 is 18.4 Å². The fourth-order valence-electron chi connectivity index (χ4n) is 4.56. The molecule has 174 valence electrons. The molecule has 8 heteroatoms. The molecule has 3 aromatic rings. The quantitative estimate of drug-likeness (QED) is 0.494. The number of imide groups is 1. The van der Waals surface area contributed by atoms with Gasteiger partial charge in [-0.3, -0.25) is 19.4 Å². The molecule has 0 saturated carbocycles. The van der Waals surface area contributed by atoms with E-state index < -0.39 is 11.6 Å². The van der Waals surface area contributed by atoms with E-state index >= 15 is 0 Å². The predicted octanol–water partition coefficient (Wildman–Crippen LogP) is 4.74. The van der Waals surface area contributed by atoms with E-state index in [2.05, 4.69) is 9.80 Å². The lowest BCUT2D eigenvalue weighted by molar-refractivity contribution is 0.0642. The molecular formula is C26H22ClF2N3O2. The molecule has 2 aliphatic rings. The van der Waals surface area contributed by atoms with Crippen LogP contribution in [0.4, 0.5) is 14.5 Å². The molecule has 0 bridgehead atoms. The highest BCUT2D eigenvalue weighted by Gasteiger charge is 2.39. The molecule has 0 spiro atoms. The first-order chi connectivity index (χ1) is 16.4. The third-order valence-electron chi connectivity index (χ3n) is 6.37. The standard InChI is InChI=1S/C26H22ClF2N3O2/c27-20-6-2-1-4-18(20)16-32-25(33)19-5-3-7-23(24(19)26(32)34)31-12-10-30(11-13-31)15-17-8-9-21(28)22(29)14-17/h1-9,14H,10-13,15-16H2. The summed E-state index contributed by atoms with van der Waals surface area (Å²) in [5.41, 5.74) is 2.99. The molecular weight excluding hydrogens is 460 g/mol. The predicted molar refractivity (Wildman–Crippen MR) is 126 cm³/mol. The van der Waals surface area contributed by atoms with E-state index in [4.69, 9.17) is 11.6 Å². The number of carbonyl (C=O) groups is 2. The number of hydrogen-bond acceptors (Lipinski definition) is 4. The minimum Gasteiger partial charge on any atom is -0.368 e. The van der Waals surface area contributed by atoms with Gasteiger partial charge in [-0.1, -0.05) is 41.9 Å². The summed E-state index contributed by atoms with van der Waals surface area (Å²) in [5, 5.41) is 0.511. The second kappa shape index (κ2) is 9.16. The first kappa shape index (κ1) is 22.5. The Morgan fingerprint density at radius 2 is 1.56 bits per heavy atom. The van der Waals surface area contributed by atoms with E-state index in [0.29, 0.717) is 60.0 Å². The van der Waals surface area contributed by atoms with Crippen molar-refractivity contribution in [3.63, 3.8) is 0 Å². The second-order valence-electron chi connectivity index (χ2n) is 8.50. The first-order valence-corrected chi connectivity index (χ1v) is 11.4. The molecule has 2 heterocycles. The lowest BCUT2D eigenvalue weighted by Crippen LogP contribution is -2.46. The lowest BCUT2D eigenvalue weighted by Gasteiger charge is -2.36. The average Bonchev–Trinajstić information content (AvgIpc) is 3.08. The summed E-state index contributed by atoms with van der Waals surface area (Å²) in [6.45, 7) is 3.30. The molecule has 2 amide bonds. The van der Waals surface area contributed by atoms with Crippen LogP contribution in [0.2, 0.25) is 5.02 Å². The van der Waals surface area contributed by atoms with E-state index in [1.165, 1.54) is 11.0 Å². The van der Waals surface area contributed by atoms with Gasteiger partial charge in [0.15, 0.2) is 11.6 Å². The summed E-state index contributed by atoms with van der Waals surface area (Å²) in [7, 11) is 0. The largest absolute Gasteiger partial charge is 0.368 e. The van der Waals surface area contributed by atoms with Gasteiger partial charge < -0.3 is 4.90 Å². The summed E-state index contributed by atoms with van der Waals surface area (Å²) in [6, 6.07) is 16.5. The van der Waals surface area contributed by atoms with Gasteiger partial charge >= 0.3 is 0 Å². The summed E-state index contributed by atoms with van der Waals surface area (Å²) < 4.78 is 26.7. The Kier molecular flexibility index (Phi) is 6.06. The fraction of sp³-hybridized carbons (Fsp3) is 0.231. The highest BCUT2D eigenvalue weighted by Crippen LogP contribution is 2.34. The normalized spacial score (nSPS) is 16.3. The number of nitrogens with zero attached hydrogens (tertiary/aromatic N) is 3. The maximum absolute atomic E-state index is 13.5. The zero-order chi connectivity index (χ0) is 23.8. The number of hydrogen-bond donors (Lipinski definition) is 0. The lowest BCUT2D eigenvalue weighted by atomic mass is 10.1. The van der Waals surface area contributed by atoms with Gasteiger partial charge in [-0.2, -0.15) is 0 Å². The fourth-order valence-corrected chi connectivity index (χ4v) is 4.76. The molecule has 0 radical (unpaired) electrons. The summed E-state index contributed by atoms with van der Waals surface area (Å²) in [6.07, 6.45) is 0. The molecule has 0 atom stereocenters. The minimum absolute atomic E-state index is 0.119. The number of rotatable bonds is 5. The highest BCUT2D eigenvalue weighted by molar-refractivity contribution is 6.31. The van der Waals surface area contributed by atoms with Crippen LogP contribution in [-0.2, 0) is 13.1 Å². The summed E-state index contributed by atoms with van der Waals surface area (Å²) >= 11 is 6.25. The van der Waals surface area contributed by atoms with Crippen LogP contribution in [0.15, 0.2) is 60.7 Å². The third-order valence-corrected chi connectivity index (χ3v) is 6.74. The van der Waals surface area contributed by atoms with Crippen LogP contribution in [0.25, 0.3) is 0 Å². The van der Waals surface area contributed by atoms with Gasteiger partial charge in [0.05, 0.1) is 23.4 Å². The van der Waals surface area contributed by atoms with E-state index in [1.807, 2.05) is 12.1 Å². The van der Waals surface area contributed by atoms with Crippen LogP contribution in [-0.4, -0.2) is 47.8 Å². The molecule has 34 heavy (non-hydrogen) atoms. The Morgan fingerprint density at radius 1 is 0.794 bits per heavy atom. The Bertz CT molecular complexity index is 1270. The van der Waals surface area contributed by atoms with Gasteiger partial charge in [0, 0.05) is 37.7 Å². The molecule has 0 aromatic heterocycles. The van der Waals surface area contributed by atoms with Crippen molar-refractivity contribution in [1.29, 1.82) is 0 Å². The van der Waals surface area contributed by atoms with Crippen molar-refractivity contribution in [2.45, 2.75) is 13.1 Å². The van der Waals surface area contributed by atoms with Gasteiger partial charge in [0.25, 0.3) is 11.8 Å². The molecule has 5 nitrogen and oxygen atoms in total. The van der Waals surface area contributed by atoms with E-state index in [1.54, 1.807) is 36.4 Å². The Morgan fingerprint density at radius 3 is 2.29 bits per heavy atom. The summed E-state index contributed by atoms with van der Waals surface area (Å²) in [4.78, 5) is 31.9. The van der Waals surface area contributed by atoms with Crippen molar-refractivity contribution in [3.8, 4) is 0 Å². The number of carbonyl (C=O) groups excluding carboxylic acids is 2. The number of anilines is 1. The monoisotopic (exact) mass is 481 g/mol. The third kappa shape index (κ3) is 4.17. The van der Waals surface area contributed by atoms with Crippen LogP contribution < -0.4 is 4.90 Å².